The molecule has 6 nitrogen and oxygen atoms in total. The van der Waals surface area contributed by atoms with E-state index in [0.717, 1.165) is 41.7 Å². The number of aliphatic imine (C=N–C) groups is 1. The van der Waals surface area contributed by atoms with Crippen molar-refractivity contribution in [2.24, 2.45) is 22.1 Å². The number of hydroxylamine groups is 2. The maximum atomic E-state index is 7.33. The molecule has 3 atom stereocenters. The summed E-state index contributed by atoms with van der Waals surface area (Å²) >= 11 is 0. The number of nitrogens with zero attached hydrogens (tertiary/aromatic N) is 3. The molecule has 1 fully saturated rings. The molecule has 1 unspecified atom stereocenters. The Bertz CT molecular complexity index is 1150. The molecule has 0 aromatic heterocycles. The van der Waals surface area contributed by atoms with Crippen molar-refractivity contribution >= 4 is 11.6 Å². The monoisotopic (exact) mass is 430 g/mol. The molecule has 2 heterocycles. The van der Waals surface area contributed by atoms with E-state index in [4.69, 9.17) is 26.9 Å². The van der Waals surface area contributed by atoms with Gasteiger partial charge in [0.15, 0.2) is 5.69 Å². The molecule has 3 aliphatic rings. The van der Waals surface area contributed by atoms with E-state index in [-0.39, 0.29) is 11.0 Å². The Hall–Kier alpha value is -3.04. The number of hydrogen-bond acceptors (Lipinski definition) is 5. The Morgan fingerprint density at radius 1 is 1.19 bits per heavy atom. The molecular formula is C26H30N4O2. The summed E-state index contributed by atoms with van der Waals surface area (Å²) in [7, 11) is 1.80. The lowest BCUT2D eigenvalue weighted by molar-refractivity contribution is -0.204. The molecule has 1 aliphatic carbocycles. The van der Waals surface area contributed by atoms with E-state index in [1.807, 2.05) is 30.3 Å². The van der Waals surface area contributed by atoms with E-state index >= 15 is 0 Å². The highest BCUT2D eigenvalue weighted by atomic mass is 16.7. The van der Waals surface area contributed by atoms with Crippen molar-refractivity contribution in [3.8, 4) is 16.9 Å². The maximum absolute atomic E-state index is 7.33. The average Bonchev–Trinajstić information content (AvgIpc) is 3.28. The summed E-state index contributed by atoms with van der Waals surface area (Å²) < 4.78 is 6.74. The number of guanidine groups is 1. The molecule has 2 aromatic rings. The van der Waals surface area contributed by atoms with Gasteiger partial charge in [-0.3, -0.25) is 0 Å². The van der Waals surface area contributed by atoms with Crippen molar-refractivity contribution < 1.29 is 9.57 Å². The molecule has 0 radical (unpaired) electrons. The molecule has 166 valence electrons. The van der Waals surface area contributed by atoms with Crippen LogP contribution in [0.25, 0.3) is 16.0 Å². The van der Waals surface area contributed by atoms with Crippen LogP contribution in [-0.4, -0.2) is 23.7 Å². The Balaban J connectivity index is 1.60. The van der Waals surface area contributed by atoms with Gasteiger partial charge in [-0.15, -0.1) is 0 Å². The molecule has 6 heteroatoms. The minimum absolute atomic E-state index is 0.230. The van der Waals surface area contributed by atoms with Gasteiger partial charge in [-0.05, 0) is 59.9 Å². The first-order valence-corrected chi connectivity index (χ1v) is 11.2. The highest BCUT2D eigenvalue weighted by Crippen LogP contribution is 2.57. The molecular weight excluding hydrogens is 400 g/mol. The molecule has 5 rings (SSSR count). The number of benzene rings is 2. The van der Waals surface area contributed by atoms with Gasteiger partial charge < -0.3 is 10.5 Å². The third-order valence-corrected chi connectivity index (χ3v) is 7.29. The first-order valence-electron chi connectivity index (χ1n) is 11.2. The van der Waals surface area contributed by atoms with Crippen LogP contribution in [0.2, 0.25) is 0 Å². The van der Waals surface area contributed by atoms with Crippen LogP contribution < -0.4 is 10.5 Å². The van der Waals surface area contributed by atoms with Gasteiger partial charge in [-0.25, -0.2) is 19.7 Å². The fourth-order valence-electron chi connectivity index (χ4n) is 5.47. The zero-order valence-electron chi connectivity index (χ0n) is 19.2. The van der Waals surface area contributed by atoms with Crippen LogP contribution in [-0.2, 0) is 10.6 Å². The van der Waals surface area contributed by atoms with Crippen molar-refractivity contribution in [3.05, 3.63) is 59.4 Å². The van der Waals surface area contributed by atoms with Crippen LogP contribution in [0.5, 0.6) is 5.75 Å². The van der Waals surface area contributed by atoms with Gasteiger partial charge >= 0.3 is 0 Å². The average molecular weight is 431 g/mol. The number of hydrogen-bond donors (Lipinski definition) is 1. The predicted octanol–water partition coefficient (Wildman–Crippen LogP) is 5.62. The number of rotatable bonds is 1. The molecule has 2 spiro atoms. The summed E-state index contributed by atoms with van der Waals surface area (Å²) in [6.07, 6.45) is 3.73. The summed E-state index contributed by atoms with van der Waals surface area (Å²) in [5.41, 5.74) is 8.69. The van der Waals surface area contributed by atoms with Gasteiger partial charge in [0.25, 0.3) is 0 Å². The second-order valence-corrected chi connectivity index (χ2v) is 10.5. The molecule has 0 amide bonds. The summed E-state index contributed by atoms with van der Waals surface area (Å²) in [5.74, 6) is 1.76. The fourth-order valence-corrected chi connectivity index (χ4v) is 5.47. The summed E-state index contributed by atoms with van der Waals surface area (Å²) in [4.78, 5) is 14.8. The van der Waals surface area contributed by atoms with Crippen LogP contribution in [0.1, 0.15) is 52.0 Å². The molecule has 32 heavy (non-hydrogen) atoms. The summed E-state index contributed by atoms with van der Waals surface area (Å²) in [6, 6.07) is 13.8. The smallest absolute Gasteiger partial charge is 0.222 e. The third-order valence-electron chi connectivity index (χ3n) is 7.29. The van der Waals surface area contributed by atoms with Crippen molar-refractivity contribution in [1.29, 1.82) is 0 Å². The van der Waals surface area contributed by atoms with Gasteiger partial charge in [0, 0.05) is 13.5 Å². The van der Waals surface area contributed by atoms with Crippen molar-refractivity contribution in [2.75, 3.05) is 7.05 Å². The highest BCUT2D eigenvalue weighted by molar-refractivity contribution is 5.79. The van der Waals surface area contributed by atoms with Gasteiger partial charge in [0.05, 0.1) is 12.1 Å². The summed E-state index contributed by atoms with van der Waals surface area (Å²) in [6.45, 7) is 14.3. The lowest BCUT2D eigenvalue weighted by Gasteiger charge is -2.44. The van der Waals surface area contributed by atoms with Gasteiger partial charge in [0.1, 0.15) is 11.4 Å². The number of fused-ring (bicyclic) bond motifs is 2. The van der Waals surface area contributed by atoms with E-state index in [2.05, 4.69) is 37.7 Å². The second-order valence-electron chi connectivity index (χ2n) is 10.5. The third kappa shape index (κ3) is 3.32. The predicted molar refractivity (Wildman–Crippen MR) is 125 cm³/mol. The Morgan fingerprint density at radius 3 is 2.62 bits per heavy atom. The first kappa shape index (κ1) is 20.8. The minimum Gasteiger partial charge on any atom is -0.487 e. The molecule has 2 aliphatic heterocycles. The molecule has 2 N–H and O–H groups in total. The topological polar surface area (TPSA) is 64.4 Å². The Kier molecular flexibility index (Phi) is 4.55. The van der Waals surface area contributed by atoms with Gasteiger partial charge in [0.2, 0.25) is 11.7 Å². The van der Waals surface area contributed by atoms with E-state index in [9.17, 15) is 0 Å². The first-order chi connectivity index (χ1) is 15.1. The van der Waals surface area contributed by atoms with E-state index in [1.165, 1.54) is 0 Å². The van der Waals surface area contributed by atoms with Crippen molar-refractivity contribution in [2.45, 2.75) is 57.8 Å². The zero-order valence-corrected chi connectivity index (χ0v) is 19.2. The summed E-state index contributed by atoms with van der Waals surface area (Å²) in [5, 5.41) is 1.56. The number of ether oxygens (including phenoxy) is 1. The van der Waals surface area contributed by atoms with Crippen LogP contribution in [0.4, 0.5) is 5.69 Å². The van der Waals surface area contributed by atoms with Crippen LogP contribution in [0.3, 0.4) is 0 Å². The largest absolute Gasteiger partial charge is 0.487 e. The SMILES string of the molecule is [C-]#[N+]c1cccc(-c2ccc3c(c2)[C@]2(C[C@@]4(CCC(C(C)(C)C)C4)O3)N=C(N)N(C)O2)c1. The Morgan fingerprint density at radius 2 is 1.97 bits per heavy atom. The molecule has 0 saturated heterocycles. The van der Waals surface area contributed by atoms with Crippen molar-refractivity contribution in [3.63, 3.8) is 0 Å². The van der Waals surface area contributed by atoms with E-state index in [1.54, 1.807) is 12.1 Å². The lowest BCUT2D eigenvalue weighted by atomic mass is 9.77. The maximum Gasteiger partial charge on any atom is 0.222 e. The normalized spacial score (nSPS) is 29.0. The number of nitrogens with two attached hydrogens (primary N) is 1. The van der Waals surface area contributed by atoms with Gasteiger partial charge in [-0.2, -0.15) is 0 Å². The van der Waals surface area contributed by atoms with E-state index < -0.39 is 5.72 Å². The van der Waals surface area contributed by atoms with Crippen molar-refractivity contribution in [1.82, 2.24) is 5.06 Å². The Labute approximate surface area is 189 Å². The highest BCUT2D eigenvalue weighted by Gasteiger charge is 2.57. The van der Waals surface area contributed by atoms with Gasteiger partial charge in [-0.1, -0.05) is 45.0 Å². The standard InChI is InChI=1S/C26H30N4O2/c1-24(2,3)19-11-12-25(15-19)16-26(29-23(27)30(5)32-26)21-14-18(9-10-22(21)31-25)17-7-6-8-20(13-17)28-4/h6-10,13-14,19H,11-12,15-16H2,1-3,5H3,(H2,27,29)/t19?,25-,26+/m0/s1. The lowest BCUT2D eigenvalue weighted by Crippen LogP contribution is -2.47. The van der Waals surface area contributed by atoms with Crippen LogP contribution >= 0.6 is 0 Å². The van der Waals surface area contributed by atoms with Crippen LogP contribution in [0, 0.1) is 17.9 Å². The molecule has 1 saturated carbocycles. The second kappa shape index (κ2) is 6.98. The van der Waals surface area contributed by atoms with Crippen LogP contribution in [0.15, 0.2) is 47.5 Å². The van der Waals surface area contributed by atoms with E-state index in [0.29, 0.717) is 24.0 Å². The minimum atomic E-state index is -0.896. The quantitative estimate of drug-likeness (QED) is 0.597. The molecule has 0 bridgehead atoms. The zero-order chi connectivity index (χ0) is 22.7. The fraction of sp³-hybridized carbons (Fsp3) is 0.462. The molecule has 2 aromatic carbocycles.